The molecular weight excluding hydrogens is 370 g/mol. The molecule has 0 aliphatic carbocycles. The fourth-order valence-corrected chi connectivity index (χ4v) is 4.22. The molecule has 5 nitrogen and oxygen atoms in total. The second kappa shape index (κ2) is 8.49. The van der Waals surface area contributed by atoms with E-state index in [9.17, 15) is 0 Å². The van der Waals surface area contributed by atoms with Crippen LogP contribution >= 0.6 is 0 Å². The van der Waals surface area contributed by atoms with E-state index in [1.807, 2.05) is 36.7 Å². The van der Waals surface area contributed by atoms with Gasteiger partial charge in [-0.2, -0.15) is 4.98 Å². The third-order valence-electron chi connectivity index (χ3n) is 5.83. The van der Waals surface area contributed by atoms with Gasteiger partial charge in [-0.15, -0.1) is 0 Å². The van der Waals surface area contributed by atoms with Gasteiger partial charge in [-0.1, -0.05) is 48.5 Å². The second-order valence-electron chi connectivity index (χ2n) is 7.86. The third kappa shape index (κ3) is 4.10. The van der Waals surface area contributed by atoms with Crippen LogP contribution in [0.25, 0.3) is 10.9 Å². The van der Waals surface area contributed by atoms with Crippen LogP contribution < -0.4 is 10.2 Å². The summed E-state index contributed by atoms with van der Waals surface area (Å²) in [6.07, 6.45) is 7.19. The first-order valence-corrected chi connectivity index (χ1v) is 10.6. The number of benzene rings is 2. The lowest BCUT2D eigenvalue weighted by atomic mass is 9.90. The summed E-state index contributed by atoms with van der Waals surface area (Å²) in [6, 6.07) is 22.9. The number of nitrogens with one attached hydrogen (secondary N) is 1. The number of piperidine rings is 1. The predicted molar refractivity (Wildman–Crippen MR) is 122 cm³/mol. The highest BCUT2D eigenvalue weighted by molar-refractivity contribution is 5.91. The minimum atomic E-state index is 0.608. The molecule has 2 aromatic carbocycles. The molecular formula is C25H25N5. The van der Waals surface area contributed by atoms with Gasteiger partial charge in [0.05, 0.1) is 11.2 Å². The van der Waals surface area contributed by atoms with Crippen molar-refractivity contribution in [1.82, 2.24) is 15.0 Å². The first kappa shape index (κ1) is 18.6. The Morgan fingerprint density at radius 2 is 1.67 bits per heavy atom. The zero-order chi connectivity index (χ0) is 20.2. The fourth-order valence-electron chi connectivity index (χ4n) is 4.22. The van der Waals surface area contributed by atoms with E-state index in [4.69, 9.17) is 4.98 Å². The van der Waals surface area contributed by atoms with Crippen molar-refractivity contribution in [3.05, 3.63) is 84.7 Å². The molecule has 1 fully saturated rings. The van der Waals surface area contributed by atoms with Crippen LogP contribution in [0.15, 0.2) is 79.1 Å². The Bertz CT molecular complexity index is 1120. The second-order valence-corrected chi connectivity index (χ2v) is 7.86. The van der Waals surface area contributed by atoms with Crippen LogP contribution in [0, 0.1) is 5.92 Å². The van der Waals surface area contributed by atoms with E-state index >= 15 is 0 Å². The van der Waals surface area contributed by atoms with Crippen molar-refractivity contribution in [2.75, 3.05) is 23.3 Å². The summed E-state index contributed by atoms with van der Waals surface area (Å²) in [5.74, 6) is 2.33. The zero-order valence-electron chi connectivity index (χ0n) is 16.9. The molecule has 0 amide bonds. The summed E-state index contributed by atoms with van der Waals surface area (Å²) in [7, 11) is 0. The van der Waals surface area contributed by atoms with Crippen LogP contribution in [0.4, 0.5) is 17.5 Å². The number of aromatic nitrogens is 3. The van der Waals surface area contributed by atoms with Crippen LogP contribution in [-0.2, 0) is 6.42 Å². The minimum Gasteiger partial charge on any atom is -0.356 e. The quantitative estimate of drug-likeness (QED) is 0.502. The lowest BCUT2D eigenvalue weighted by molar-refractivity contribution is 0.402. The summed E-state index contributed by atoms with van der Waals surface area (Å²) in [4.78, 5) is 16.1. The van der Waals surface area contributed by atoms with Gasteiger partial charge in [0, 0.05) is 30.9 Å². The van der Waals surface area contributed by atoms with E-state index in [-0.39, 0.29) is 0 Å². The monoisotopic (exact) mass is 395 g/mol. The average Bonchev–Trinajstić information content (AvgIpc) is 2.81. The molecule has 0 saturated carbocycles. The molecule has 150 valence electrons. The maximum absolute atomic E-state index is 4.78. The van der Waals surface area contributed by atoms with Crippen molar-refractivity contribution >= 4 is 28.4 Å². The maximum Gasteiger partial charge on any atom is 0.229 e. The Kier molecular flexibility index (Phi) is 5.25. The molecule has 1 aliphatic heterocycles. The van der Waals surface area contributed by atoms with Gasteiger partial charge < -0.3 is 10.2 Å². The molecule has 1 saturated heterocycles. The average molecular weight is 396 g/mol. The van der Waals surface area contributed by atoms with Gasteiger partial charge in [-0.3, -0.25) is 4.98 Å². The third-order valence-corrected chi connectivity index (χ3v) is 5.83. The number of rotatable bonds is 5. The van der Waals surface area contributed by atoms with Crippen LogP contribution in [0.3, 0.4) is 0 Å². The van der Waals surface area contributed by atoms with Gasteiger partial charge in [0.25, 0.3) is 0 Å². The Labute approximate surface area is 176 Å². The summed E-state index contributed by atoms with van der Waals surface area (Å²) >= 11 is 0. The molecule has 0 bridgehead atoms. The van der Waals surface area contributed by atoms with E-state index in [0.717, 1.165) is 41.4 Å². The highest BCUT2D eigenvalue weighted by Crippen LogP contribution is 2.27. The van der Waals surface area contributed by atoms with Crippen molar-refractivity contribution in [3.63, 3.8) is 0 Å². The molecule has 2 aromatic heterocycles. The van der Waals surface area contributed by atoms with E-state index in [2.05, 4.69) is 62.6 Å². The number of fused-ring (bicyclic) bond motifs is 1. The first-order chi connectivity index (χ1) is 14.8. The van der Waals surface area contributed by atoms with Crippen LogP contribution in [0.5, 0.6) is 0 Å². The van der Waals surface area contributed by atoms with E-state index in [0.29, 0.717) is 5.95 Å². The van der Waals surface area contributed by atoms with Crippen molar-refractivity contribution in [3.8, 4) is 0 Å². The Morgan fingerprint density at radius 3 is 2.53 bits per heavy atom. The molecule has 3 heterocycles. The lowest BCUT2D eigenvalue weighted by Gasteiger charge is -2.33. The lowest BCUT2D eigenvalue weighted by Crippen LogP contribution is -2.35. The molecule has 1 N–H and O–H groups in total. The van der Waals surface area contributed by atoms with Gasteiger partial charge in [-0.25, -0.2) is 4.98 Å². The van der Waals surface area contributed by atoms with E-state index < -0.39 is 0 Å². The predicted octanol–water partition coefficient (Wildman–Crippen LogP) is 5.23. The molecule has 0 radical (unpaired) electrons. The minimum absolute atomic E-state index is 0.608. The largest absolute Gasteiger partial charge is 0.356 e. The van der Waals surface area contributed by atoms with Crippen molar-refractivity contribution in [2.24, 2.45) is 5.92 Å². The smallest absolute Gasteiger partial charge is 0.229 e. The van der Waals surface area contributed by atoms with E-state index in [1.54, 1.807) is 0 Å². The highest BCUT2D eigenvalue weighted by Gasteiger charge is 2.20. The van der Waals surface area contributed by atoms with E-state index in [1.165, 1.54) is 24.8 Å². The molecule has 5 heteroatoms. The van der Waals surface area contributed by atoms with Gasteiger partial charge >= 0.3 is 0 Å². The molecule has 0 atom stereocenters. The van der Waals surface area contributed by atoms with Gasteiger partial charge in [0.2, 0.25) is 5.95 Å². The number of para-hydroxylation sites is 1. The normalized spacial score (nSPS) is 14.7. The molecule has 4 aromatic rings. The van der Waals surface area contributed by atoms with Gasteiger partial charge in [0.1, 0.15) is 5.82 Å². The molecule has 5 rings (SSSR count). The summed E-state index contributed by atoms with van der Waals surface area (Å²) < 4.78 is 0. The molecule has 0 unspecified atom stereocenters. The summed E-state index contributed by atoms with van der Waals surface area (Å²) in [5, 5.41) is 4.45. The zero-order valence-corrected chi connectivity index (χ0v) is 16.9. The Balaban J connectivity index is 1.26. The van der Waals surface area contributed by atoms with Crippen molar-refractivity contribution in [1.29, 1.82) is 0 Å². The maximum atomic E-state index is 4.78. The van der Waals surface area contributed by atoms with Gasteiger partial charge in [0.15, 0.2) is 0 Å². The van der Waals surface area contributed by atoms with Crippen LogP contribution in [0.2, 0.25) is 0 Å². The number of hydrogen-bond acceptors (Lipinski definition) is 5. The standard InChI is InChI=1S/C25H25N5/c1-2-6-19(7-3-1)18-20-12-16-30(17-13-20)23-11-15-27-25(29-23)28-22-10-4-8-21-9-5-14-26-24(21)22/h1-11,14-15,20H,12-13,16-18H2,(H,27,28,29). The summed E-state index contributed by atoms with van der Waals surface area (Å²) in [5.41, 5.74) is 3.29. The number of anilines is 3. The SMILES string of the molecule is c1ccc(CC2CCN(c3ccnc(Nc4cccc5cccnc45)n3)CC2)cc1. The molecule has 30 heavy (non-hydrogen) atoms. The molecule has 1 aliphatic rings. The number of pyridine rings is 1. The summed E-state index contributed by atoms with van der Waals surface area (Å²) in [6.45, 7) is 2.06. The first-order valence-electron chi connectivity index (χ1n) is 10.6. The van der Waals surface area contributed by atoms with Gasteiger partial charge in [-0.05, 0) is 48.9 Å². The number of hydrogen-bond donors (Lipinski definition) is 1. The topological polar surface area (TPSA) is 53.9 Å². The molecule has 0 spiro atoms. The van der Waals surface area contributed by atoms with Crippen LogP contribution in [0.1, 0.15) is 18.4 Å². The number of nitrogens with zero attached hydrogens (tertiary/aromatic N) is 4. The van der Waals surface area contributed by atoms with Crippen molar-refractivity contribution < 1.29 is 0 Å². The highest BCUT2D eigenvalue weighted by atomic mass is 15.2. The van der Waals surface area contributed by atoms with Crippen LogP contribution in [-0.4, -0.2) is 28.0 Å². The Morgan fingerprint density at radius 1 is 0.833 bits per heavy atom. The fraction of sp³-hybridized carbons (Fsp3) is 0.240. The Hall–Kier alpha value is -3.47. The van der Waals surface area contributed by atoms with Crippen molar-refractivity contribution in [2.45, 2.75) is 19.3 Å².